The second kappa shape index (κ2) is 7.34. The van der Waals surface area contributed by atoms with Crippen molar-refractivity contribution in [1.29, 1.82) is 0 Å². The second-order valence-electron chi connectivity index (χ2n) is 6.35. The molecule has 0 spiro atoms. The molecule has 0 bridgehead atoms. The molecule has 1 aromatic carbocycles. The summed E-state index contributed by atoms with van der Waals surface area (Å²) in [6.07, 6.45) is 4.99. The molecule has 1 saturated carbocycles. The second-order valence-corrected chi connectivity index (χ2v) is 6.35. The Bertz CT molecular complexity index is 446. The normalized spacial score (nSPS) is 19.1. The minimum absolute atomic E-state index is 0.140. The average molecular weight is 294 g/mol. The van der Waals surface area contributed by atoms with Gasteiger partial charge in [-0.15, -0.1) is 0 Å². The lowest BCUT2D eigenvalue weighted by molar-refractivity contribution is 0.0157. The molecular formula is C17H27FN2O. The lowest BCUT2D eigenvalue weighted by atomic mass is 10.0. The topological polar surface area (TPSA) is 35.5 Å². The van der Waals surface area contributed by atoms with Gasteiger partial charge in [-0.1, -0.05) is 25.0 Å². The Labute approximate surface area is 127 Å². The van der Waals surface area contributed by atoms with Gasteiger partial charge in [0.05, 0.1) is 5.60 Å². The van der Waals surface area contributed by atoms with Crippen molar-refractivity contribution in [3.63, 3.8) is 0 Å². The Hall–Kier alpha value is -0.970. The van der Waals surface area contributed by atoms with Crippen LogP contribution in [0.1, 0.15) is 43.7 Å². The Kier molecular flexibility index (Phi) is 5.73. The molecule has 1 unspecified atom stereocenters. The molecular weight excluding hydrogens is 267 g/mol. The monoisotopic (exact) mass is 294 g/mol. The molecule has 0 heterocycles. The van der Waals surface area contributed by atoms with Crippen molar-refractivity contribution in [2.24, 2.45) is 0 Å². The van der Waals surface area contributed by atoms with Gasteiger partial charge < -0.3 is 15.3 Å². The van der Waals surface area contributed by atoms with E-state index in [1.54, 1.807) is 12.1 Å². The molecule has 21 heavy (non-hydrogen) atoms. The maximum absolute atomic E-state index is 13.3. The Morgan fingerprint density at radius 1 is 1.38 bits per heavy atom. The van der Waals surface area contributed by atoms with Crippen LogP contribution in [-0.2, 0) is 0 Å². The van der Waals surface area contributed by atoms with Gasteiger partial charge in [-0.05, 0) is 57.6 Å². The van der Waals surface area contributed by atoms with E-state index in [9.17, 15) is 9.50 Å². The van der Waals surface area contributed by atoms with Crippen LogP contribution >= 0.6 is 0 Å². The quantitative estimate of drug-likeness (QED) is 0.811. The zero-order chi connectivity index (χ0) is 15.3. The predicted molar refractivity (Wildman–Crippen MR) is 83.7 cm³/mol. The number of hydrogen-bond acceptors (Lipinski definition) is 3. The molecule has 1 aliphatic rings. The molecule has 0 aliphatic heterocycles. The standard InChI is InChI=1S/C17H27FN2O/c1-19-16(14-6-5-7-15(18)12-14)8-11-20(2)13-17(21)9-3-4-10-17/h5-7,12,16,19,21H,3-4,8-11,13H2,1-2H3. The van der Waals surface area contributed by atoms with Gasteiger partial charge >= 0.3 is 0 Å². The molecule has 118 valence electrons. The molecule has 1 aromatic rings. The van der Waals surface area contributed by atoms with Crippen LogP contribution in [0.2, 0.25) is 0 Å². The van der Waals surface area contributed by atoms with E-state index in [0.717, 1.165) is 50.8 Å². The first-order chi connectivity index (χ1) is 10.0. The van der Waals surface area contributed by atoms with E-state index in [2.05, 4.69) is 17.3 Å². The lowest BCUT2D eigenvalue weighted by Gasteiger charge is -2.29. The van der Waals surface area contributed by atoms with Crippen LogP contribution in [0, 0.1) is 5.82 Å². The first kappa shape index (κ1) is 16.4. The first-order valence-electron chi connectivity index (χ1n) is 7.86. The highest BCUT2D eigenvalue weighted by atomic mass is 19.1. The number of benzene rings is 1. The smallest absolute Gasteiger partial charge is 0.123 e. The minimum Gasteiger partial charge on any atom is -0.389 e. The minimum atomic E-state index is -0.497. The van der Waals surface area contributed by atoms with Crippen molar-refractivity contribution in [2.45, 2.75) is 43.7 Å². The van der Waals surface area contributed by atoms with Crippen molar-refractivity contribution in [1.82, 2.24) is 10.2 Å². The van der Waals surface area contributed by atoms with E-state index in [-0.39, 0.29) is 11.9 Å². The molecule has 1 atom stereocenters. The van der Waals surface area contributed by atoms with Crippen molar-refractivity contribution >= 4 is 0 Å². The molecule has 0 saturated heterocycles. The van der Waals surface area contributed by atoms with Gasteiger partial charge in [-0.25, -0.2) is 4.39 Å². The molecule has 0 aromatic heterocycles. The van der Waals surface area contributed by atoms with Gasteiger partial charge in [0.2, 0.25) is 0 Å². The summed E-state index contributed by atoms with van der Waals surface area (Å²) in [5.74, 6) is -0.193. The summed E-state index contributed by atoms with van der Waals surface area (Å²) in [6, 6.07) is 6.90. The van der Waals surface area contributed by atoms with Crippen LogP contribution in [0.4, 0.5) is 4.39 Å². The summed E-state index contributed by atoms with van der Waals surface area (Å²) in [5.41, 5.74) is 0.480. The maximum atomic E-state index is 13.3. The summed E-state index contributed by atoms with van der Waals surface area (Å²) in [7, 11) is 3.95. The maximum Gasteiger partial charge on any atom is 0.123 e. The molecule has 0 radical (unpaired) electrons. The summed E-state index contributed by atoms with van der Waals surface area (Å²) in [4.78, 5) is 2.19. The number of nitrogens with zero attached hydrogens (tertiary/aromatic N) is 1. The lowest BCUT2D eigenvalue weighted by Crippen LogP contribution is -2.40. The summed E-state index contributed by atoms with van der Waals surface area (Å²) in [6.45, 7) is 1.61. The SMILES string of the molecule is CNC(CCN(C)CC1(O)CCCC1)c1cccc(F)c1. The van der Waals surface area contributed by atoms with Crippen LogP contribution in [0.15, 0.2) is 24.3 Å². The van der Waals surface area contributed by atoms with Gasteiger partial charge in [0.15, 0.2) is 0 Å². The number of likely N-dealkylation sites (N-methyl/N-ethyl adjacent to an activating group) is 1. The highest BCUT2D eigenvalue weighted by Crippen LogP contribution is 2.30. The van der Waals surface area contributed by atoms with Crippen LogP contribution < -0.4 is 5.32 Å². The fourth-order valence-electron chi connectivity index (χ4n) is 3.32. The molecule has 2 rings (SSSR count). The van der Waals surface area contributed by atoms with Crippen LogP contribution in [0.5, 0.6) is 0 Å². The number of aliphatic hydroxyl groups is 1. The van der Waals surface area contributed by atoms with E-state index in [4.69, 9.17) is 0 Å². The van der Waals surface area contributed by atoms with Gasteiger partial charge in [0.1, 0.15) is 5.82 Å². The molecule has 2 N–H and O–H groups in total. The molecule has 1 fully saturated rings. The van der Waals surface area contributed by atoms with E-state index in [0.29, 0.717) is 0 Å². The number of hydrogen-bond donors (Lipinski definition) is 2. The molecule has 4 heteroatoms. The van der Waals surface area contributed by atoms with Crippen LogP contribution in [-0.4, -0.2) is 42.8 Å². The largest absolute Gasteiger partial charge is 0.389 e. The van der Waals surface area contributed by atoms with Gasteiger partial charge in [0.25, 0.3) is 0 Å². The predicted octanol–water partition coefficient (Wildman–Crippen LogP) is 2.71. The van der Waals surface area contributed by atoms with Gasteiger partial charge in [0, 0.05) is 12.6 Å². The van der Waals surface area contributed by atoms with Crippen molar-refractivity contribution < 1.29 is 9.50 Å². The number of rotatable bonds is 7. The summed E-state index contributed by atoms with van der Waals surface area (Å²) in [5, 5.41) is 13.7. The molecule has 1 aliphatic carbocycles. The van der Waals surface area contributed by atoms with Gasteiger partial charge in [-0.2, -0.15) is 0 Å². The van der Waals surface area contributed by atoms with Crippen molar-refractivity contribution in [3.8, 4) is 0 Å². The van der Waals surface area contributed by atoms with Crippen molar-refractivity contribution in [2.75, 3.05) is 27.2 Å². The van der Waals surface area contributed by atoms with Crippen LogP contribution in [0.3, 0.4) is 0 Å². The summed E-state index contributed by atoms with van der Waals surface area (Å²) >= 11 is 0. The number of nitrogens with one attached hydrogen (secondary N) is 1. The van der Waals surface area contributed by atoms with Gasteiger partial charge in [-0.3, -0.25) is 0 Å². The average Bonchev–Trinajstić information content (AvgIpc) is 2.86. The zero-order valence-corrected chi connectivity index (χ0v) is 13.1. The fourth-order valence-corrected chi connectivity index (χ4v) is 3.32. The number of halogens is 1. The fraction of sp³-hybridized carbons (Fsp3) is 0.647. The third kappa shape index (κ3) is 4.77. The van der Waals surface area contributed by atoms with Crippen LogP contribution in [0.25, 0.3) is 0 Å². The van der Waals surface area contributed by atoms with E-state index < -0.39 is 5.60 Å². The Morgan fingerprint density at radius 2 is 2.10 bits per heavy atom. The Balaban J connectivity index is 1.85. The highest BCUT2D eigenvalue weighted by Gasteiger charge is 2.32. The third-order valence-corrected chi connectivity index (χ3v) is 4.50. The third-order valence-electron chi connectivity index (χ3n) is 4.50. The molecule has 0 amide bonds. The van der Waals surface area contributed by atoms with E-state index in [1.807, 2.05) is 13.1 Å². The zero-order valence-electron chi connectivity index (χ0n) is 13.1. The molecule has 3 nitrogen and oxygen atoms in total. The van der Waals surface area contributed by atoms with Crippen molar-refractivity contribution in [3.05, 3.63) is 35.6 Å². The highest BCUT2D eigenvalue weighted by molar-refractivity contribution is 5.20. The summed E-state index contributed by atoms with van der Waals surface area (Å²) < 4.78 is 13.3. The first-order valence-corrected chi connectivity index (χ1v) is 7.86. The van der Waals surface area contributed by atoms with E-state index >= 15 is 0 Å². The Morgan fingerprint density at radius 3 is 2.71 bits per heavy atom. The van der Waals surface area contributed by atoms with E-state index in [1.165, 1.54) is 6.07 Å².